The second kappa shape index (κ2) is 6.13. The molecule has 1 fully saturated rings. The third kappa shape index (κ3) is 3.33. The molecule has 2 heteroatoms. The molecule has 108 valence electrons. The van der Waals surface area contributed by atoms with Gasteiger partial charge in [-0.15, -0.1) is 0 Å². The minimum absolute atomic E-state index is 0.00244. The van der Waals surface area contributed by atoms with E-state index < -0.39 is 0 Å². The Morgan fingerprint density at radius 2 is 1.48 bits per heavy atom. The van der Waals surface area contributed by atoms with Crippen LogP contribution in [-0.2, 0) is 4.79 Å². The topological polar surface area (TPSA) is 29.1 Å². The van der Waals surface area contributed by atoms with Crippen molar-refractivity contribution in [3.05, 3.63) is 71.8 Å². The van der Waals surface area contributed by atoms with Crippen LogP contribution in [0.1, 0.15) is 42.9 Å². The molecule has 0 aliphatic heterocycles. The lowest BCUT2D eigenvalue weighted by Crippen LogP contribution is -2.32. The zero-order valence-electron chi connectivity index (χ0n) is 12.3. The van der Waals surface area contributed by atoms with Crippen LogP contribution in [0.25, 0.3) is 0 Å². The number of hydrogen-bond acceptors (Lipinski definition) is 1. The summed E-state index contributed by atoms with van der Waals surface area (Å²) in [6.07, 6.45) is 2.32. The summed E-state index contributed by atoms with van der Waals surface area (Å²) in [7, 11) is 0. The molecule has 1 saturated carbocycles. The van der Waals surface area contributed by atoms with Crippen LogP contribution in [0.2, 0.25) is 0 Å². The number of hydrogen-bond donors (Lipinski definition) is 1. The molecule has 0 heterocycles. The molecule has 2 aromatic rings. The van der Waals surface area contributed by atoms with E-state index in [0.717, 1.165) is 24.0 Å². The fourth-order valence-electron chi connectivity index (χ4n) is 2.86. The van der Waals surface area contributed by atoms with Crippen molar-refractivity contribution in [2.24, 2.45) is 5.92 Å². The van der Waals surface area contributed by atoms with E-state index in [-0.39, 0.29) is 17.9 Å². The number of benzene rings is 2. The van der Waals surface area contributed by atoms with E-state index in [1.807, 2.05) is 43.3 Å². The fourth-order valence-corrected chi connectivity index (χ4v) is 2.86. The Hall–Kier alpha value is -2.09. The maximum Gasteiger partial charge on any atom is 0.228 e. The van der Waals surface area contributed by atoms with Crippen LogP contribution < -0.4 is 5.32 Å². The highest BCUT2D eigenvalue weighted by Crippen LogP contribution is 2.42. The summed E-state index contributed by atoms with van der Waals surface area (Å²) in [6, 6.07) is 20.3. The van der Waals surface area contributed by atoms with Gasteiger partial charge < -0.3 is 5.32 Å². The Morgan fingerprint density at radius 1 is 0.952 bits per heavy atom. The summed E-state index contributed by atoms with van der Waals surface area (Å²) in [5, 5.41) is 3.18. The van der Waals surface area contributed by atoms with Crippen molar-refractivity contribution >= 4 is 5.91 Å². The maximum atomic E-state index is 12.7. The molecule has 1 aliphatic carbocycles. The zero-order chi connectivity index (χ0) is 14.7. The molecule has 0 radical (unpaired) electrons. The van der Waals surface area contributed by atoms with E-state index in [1.54, 1.807) is 0 Å². The van der Waals surface area contributed by atoms with Gasteiger partial charge in [-0.2, -0.15) is 0 Å². The Labute approximate surface area is 126 Å². The average Bonchev–Trinajstić information content (AvgIpc) is 3.34. The summed E-state index contributed by atoms with van der Waals surface area (Å²) in [4.78, 5) is 12.7. The minimum atomic E-state index is -0.00244. The van der Waals surface area contributed by atoms with Crippen molar-refractivity contribution in [2.45, 2.75) is 31.7 Å². The largest absolute Gasteiger partial charge is 0.349 e. The molecule has 2 atom stereocenters. The van der Waals surface area contributed by atoms with Gasteiger partial charge in [0.2, 0.25) is 5.91 Å². The predicted molar refractivity (Wildman–Crippen MR) is 84.9 cm³/mol. The lowest BCUT2D eigenvalue weighted by Gasteiger charge is -2.20. The van der Waals surface area contributed by atoms with E-state index in [0.29, 0.717) is 5.92 Å². The van der Waals surface area contributed by atoms with Crippen molar-refractivity contribution in [2.75, 3.05) is 0 Å². The molecule has 0 bridgehead atoms. The van der Waals surface area contributed by atoms with Crippen LogP contribution >= 0.6 is 0 Å². The predicted octanol–water partition coefficient (Wildman–Crippen LogP) is 4.06. The molecular formula is C19H21NO. The Balaban J connectivity index is 1.73. The molecule has 0 aromatic heterocycles. The zero-order valence-corrected chi connectivity index (χ0v) is 12.3. The van der Waals surface area contributed by atoms with E-state index in [2.05, 4.69) is 29.6 Å². The Bertz CT molecular complexity index is 589. The monoisotopic (exact) mass is 279 g/mol. The van der Waals surface area contributed by atoms with Crippen LogP contribution in [0.15, 0.2) is 60.7 Å². The third-order valence-electron chi connectivity index (χ3n) is 4.19. The van der Waals surface area contributed by atoms with Crippen LogP contribution in [0, 0.1) is 5.92 Å². The Kier molecular flexibility index (Phi) is 4.05. The number of rotatable bonds is 5. The first-order valence-corrected chi connectivity index (χ1v) is 7.66. The Morgan fingerprint density at radius 3 is 2.00 bits per heavy atom. The van der Waals surface area contributed by atoms with Crippen LogP contribution in [-0.4, -0.2) is 5.91 Å². The number of nitrogens with one attached hydrogen (secondary N) is 1. The quantitative estimate of drug-likeness (QED) is 0.878. The molecule has 2 aromatic carbocycles. The van der Waals surface area contributed by atoms with E-state index in [4.69, 9.17) is 0 Å². The second-order valence-corrected chi connectivity index (χ2v) is 5.87. The van der Waals surface area contributed by atoms with Gasteiger partial charge in [0.1, 0.15) is 0 Å². The summed E-state index contributed by atoms with van der Waals surface area (Å²) >= 11 is 0. The molecular weight excluding hydrogens is 258 g/mol. The minimum Gasteiger partial charge on any atom is -0.349 e. The fraction of sp³-hybridized carbons (Fsp3) is 0.316. The molecule has 2 unspecified atom stereocenters. The lowest BCUT2D eigenvalue weighted by molar-refractivity contribution is -0.123. The van der Waals surface area contributed by atoms with Crippen LogP contribution in [0.5, 0.6) is 0 Å². The first kappa shape index (κ1) is 13.9. The van der Waals surface area contributed by atoms with E-state index >= 15 is 0 Å². The first-order chi connectivity index (χ1) is 10.3. The number of amides is 1. The molecule has 1 amide bonds. The van der Waals surface area contributed by atoms with Crippen molar-refractivity contribution in [1.82, 2.24) is 5.32 Å². The van der Waals surface area contributed by atoms with Gasteiger partial charge in [-0.05, 0) is 36.8 Å². The maximum absolute atomic E-state index is 12.7. The number of carbonyl (C=O) groups is 1. The first-order valence-electron chi connectivity index (χ1n) is 7.66. The molecule has 1 N–H and O–H groups in total. The summed E-state index contributed by atoms with van der Waals surface area (Å²) in [5.41, 5.74) is 2.28. The summed E-state index contributed by atoms with van der Waals surface area (Å²) in [6.45, 7) is 2.04. The highest BCUT2D eigenvalue weighted by atomic mass is 16.2. The number of carbonyl (C=O) groups excluding carboxylic acids is 1. The molecule has 0 saturated heterocycles. The smallest absolute Gasteiger partial charge is 0.228 e. The van der Waals surface area contributed by atoms with E-state index in [9.17, 15) is 4.79 Å². The molecule has 1 aliphatic rings. The molecule has 2 nitrogen and oxygen atoms in total. The van der Waals surface area contributed by atoms with Gasteiger partial charge in [0.05, 0.1) is 12.0 Å². The van der Waals surface area contributed by atoms with Crippen molar-refractivity contribution in [3.8, 4) is 0 Å². The molecule has 21 heavy (non-hydrogen) atoms. The van der Waals surface area contributed by atoms with Gasteiger partial charge in [0.25, 0.3) is 0 Å². The van der Waals surface area contributed by atoms with Crippen LogP contribution in [0.4, 0.5) is 0 Å². The standard InChI is InChI=1S/C19H21NO/c1-14(15-8-4-2-5-9-15)20-19(21)18(17-12-13-17)16-10-6-3-7-11-16/h2-11,14,17-18H,12-13H2,1H3,(H,20,21). The summed E-state index contributed by atoms with van der Waals surface area (Å²) in [5.74, 6) is 0.660. The molecule has 0 spiro atoms. The lowest BCUT2D eigenvalue weighted by atomic mass is 9.92. The van der Waals surface area contributed by atoms with Gasteiger partial charge in [0, 0.05) is 0 Å². The van der Waals surface area contributed by atoms with Gasteiger partial charge in [-0.3, -0.25) is 4.79 Å². The van der Waals surface area contributed by atoms with Gasteiger partial charge >= 0.3 is 0 Å². The summed E-state index contributed by atoms with van der Waals surface area (Å²) < 4.78 is 0. The van der Waals surface area contributed by atoms with Crippen molar-refractivity contribution in [1.29, 1.82) is 0 Å². The van der Waals surface area contributed by atoms with Crippen molar-refractivity contribution in [3.63, 3.8) is 0 Å². The third-order valence-corrected chi connectivity index (χ3v) is 4.19. The van der Waals surface area contributed by atoms with Crippen LogP contribution in [0.3, 0.4) is 0 Å². The normalized spacial score (nSPS) is 17.0. The SMILES string of the molecule is CC(NC(=O)C(c1ccccc1)C1CC1)c1ccccc1. The van der Waals surface area contributed by atoms with Gasteiger partial charge in [-0.1, -0.05) is 60.7 Å². The van der Waals surface area contributed by atoms with Crippen molar-refractivity contribution < 1.29 is 4.79 Å². The van der Waals surface area contributed by atoms with Gasteiger partial charge in [0.15, 0.2) is 0 Å². The van der Waals surface area contributed by atoms with Gasteiger partial charge in [-0.25, -0.2) is 0 Å². The highest BCUT2D eigenvalue weighted by Gasteiger charge is 2.37. The van der Waals surface area contributed by atoms with E-state index in [1.165, 1.54) is 0 Å². The second-order valence-electron chi connectivity index (χ2n) is 5.87. The highest BCUT2D eigenvalue weighted by molar-refractivity contribution is 5.84. The average molecular weight is 279 g/mol. The molecule has 3 rings (SSSR count).